The van der Waals surface area contributed by atoms with Gasteiger partial charge in [-0.1, -0.05) is 42.0 Å². The number of halogens is 1. The molecule has 0 atom stereocenters. The first-order chi connectivity index (χ1) is 14.1. The van der Waals surface area contributed by atoms with E-state index in [0.29, 0.717) is 19.7 Å². The van der Waals surface area contributed by atoms with E-state index >= 15 is 0 Å². The SMILES string of the molecule is COCCN(Cc1cccn1Cc1ccc(C)cc1)C(=O)Nc1ccccc1F. The Bertz CT molecular complexity index is 937. The molecule has 0 radical (unpaired) electrons. The first-order valence-electron chi connectivity index (χ1n) is 9.56. The molecule has 3 rings (SSSR count). The number of rotatable bonds is 8. The van der Waals surface area contributed by atoms with E-state index in [-0.39, 0.29) is 11.7 Å². The van der Waals surface area contributed by atoms with Crippen LogP contribution in [0.1, 0.15) is 16.8 Å². The predicted octanol–water partition coefficient (Wildman–Crippen LogP) is 4.66. The second kappa shape index (κ2) is 9.89. The zero-order valence-electron chi connectivity index (χ0n) is 16.8. The summed E-state index contributed by atoms with van der Waals surface area (Å²) in [6, 6.07) is 18.1. The van der Waals surface area contributed by atoms with Crippen LogP contribution in [0.15, 0.2) is 66.9 Å². The van der Waals surface area contributed by atoms with Crippen molar-refractivity contribution in [3.8, 4) is 0 Å². The molecule has 1 aromatic heterocycles. The Morgan fingerprint density at radius 2 is 1.86 bits per heavy atom. The Kier molecular flexibility index (Phi) is 7.03. The van der Waals surface area contributed by atoms with Crippen LogP contribution in [-0.2, 0) is 17.8 Å². The van der Waals surface area contributed by atoms with Crippen LogP contribution < -0.4 is 5.32 Å². The van der Waals surface area contributed by atoms with E-state index in [1.807, 2.05) is 18.3 Å². The number of urea groups is 1. The lowest BCUT2D eigenvalue weighted by Gasteiger charge is -2.24. The van der Waals surface area contributed by atoms with Gasteiger partial charge < -0.3 is 19.5 Å². The molecule has 29 heavy (non-hydrogen) atoms. The van der Waals surface area contributed by atoms with E-state index in [1.165, 1.54) is 17.2 Å². The van der Waals surface area contributed by atoms with Crippen LogP contribution in [0.2, 0.25) is 0 Å². The first kappa shape index (κ1) is 20.6. The average molecular weight is 395 g/mol. The molecule has 0 aliphatic carbocycles. The number of hydrogen-bond acceptors (Lipinski definition) is 2. The number of anilines is 1. The average Bonchev–Trinajstić information content (AvgIpc) is 3.15. The molecule has 0 bridgehead atoms. The maximum Gasteiger partial charge on any atom is 0.322 e. The fourth-order valence-electron chi connectivity index (χ4n) is 3.04. The van der Waals surface area contributed by atoms with Gasteiger partial charge in [0.15, 0.2) is 0 Å². The lowest BCUT2D eigenvalue weighted by molar-refractivity contribution is 0.151. The quantitative estimate of drug-likeness (QED) is 0.603. The minimum atomic E-state index is -0.463. The Morgan fingerprint density at radius 3 is 2.59 bits per heavy atom. The topological polar surface area (TPSA) is 46.5 Å². The number of para-hydroxylation sites is 1. The van der Waals surface area contributed by atoms with Crippen LogP contribution in [0, 0.1) is 12.7 Å². The Hall–Kier alpha value is -3.12. The Morgan fingerprint density at radius 1 is 1.10 bits per heavy atom. The van der Waals surface area contributed by atoms with Crippen molar-refractivity contribution in [3.63, 3.8) is 0 Å². The van der Waals surface area contributed by atoms with Crippen molar-refractivity contribution in [1.82, 2.24) is 9.47 Å². The molecule has 0 aliphatic rings. The van der Waals surface area contributed by atoms with Gasteiger partial charge in [0.1, 0.15) is 5.82 Å². The Balaban J connectivity index is 1.73. The molecule has 0 spiro atoms. The maximum atomic E-state index is 13.9. The predicted molar refractivity (Wildman–Crippen MR) is 112 cm³/mol. The molecule has 0 unspecified atom stereocenters. The number of benzene rings is 2. The van der Waals surface area contributed by atoms with Crippen molar-refractivity contribution < 1.29 is 13.9 Å². The van der Waals surface area contributed by atoms with Gasteiger partial charge in [0.05, 0.1) is 18.8 Å². The number of aryl methyl sites for hydroxylation is 1. The standard InChI is InChI=1S/C23H26FN3O2/c1-18-9-11-19(12-10-18)16-26-13-5-6-20(26)17-27(14-15-29-2)23(28)25-22-8-4-3-7-21(22)24/h3-13H,14-17H2,1-2H3,(H,25,28). The normalized spacial score (nSPS) is 10.7. The largest absolute Gasteiger partial charge is 0.383 e. The summed E-state index contributed by atoms with van der Waals surface area (Å²) >= 11 is 0. The number of ether oxygens (including phenoxy) is 1. The number of carbonyl (C=O) groups is 1. The molecule has 1 heterocycles. The summed E-state index contributed by atoms with van der Waals surface area (Å²) in [5.74, 6) is -0.463. The third-order valence-corrected chi connectivity index (χ3v) is 4.72. The summed E-state index contributed by atoms with van der Waals surface area (Å²) in [5, 5.41) is 2.65. The van der Waals surface area contributed by atoms with Gasteiger partial charge in [-0.2, -0.15) is 0 Å². The molecule has 0 aliphatic heterocycles. The minimum Gasteiger partial charge on any atom is -0.383 e. The molecule has 2 aromatic carbocycles. The molecule has 6 heteroatoms. The van der Waals surface area contributed by atoms with Gasteiger partial charge in [0.2, 0.25) is 0 Å². The first-order valence-corrected chi connectivity index (χ1v) is 9.56. The molecule has 5 nitrogen and oxygen atoms in total. The molecular formula is C23H26FN3O2. The van der Waals surface area contributed by atoms with Crippen LogP contribution >= 0.6 is 0 Å². The molecule has 2 amide bonds. The minimum absolute atomic E-state index is 0.162. The van der Waals surface area contributed by atoms with Gasteiger partial charge in [-0.3, -0.25) is 0 Å². The second-order valence-electron chi connectivity index (χ2n) is 6.94. The van der Waals surface area contributed by atoms with Crippen molar-refractivity contribution in [2.24, 2.45) is 0 Å². The van der Waals surface area contributed by atoms with Crippen molar-refractivity contribution in [3.05, 3.63) is 89.5 Å². The van der Waals surface area contributed by atoms with E-state index in [1.54, 1.807) is 30.2 Å². The highest BCUT2D eigenvalue weighted by molar-refractivity contribution is 5.89. The van der Waals surface area contributed by atoms with Crippen LogP contribution in [0.4, 0.5) is 14.9 Å². The van der Waals surface area contributed by atoms with Gasteiger partial charge in [0, 0.05) is 32.1 Å². The van der Waals surface area contributed by atoms with Gasteiger partial charge in [-0.05, 0) is 36.8 Å². The van der Waals surface area contributed by atoms with Gasteiger partial charge in [-0.25, -0.2) is 9.18 Å². The number of methoxy groups -OCH3 is 1. The van der Waals surface area contributed by atoms with E-state index in [2.05, 4.69) is 41.1 Å². The summed E-state index contributed by atoms with van der Waals surface area (Å²) in [6.45, 7) is 3.96. The number of hydrogen-bond donors (Lipinski definition) is 1. The maximum absolute atomic E-state index is 13.9. The second-order valence-corrected chi connectivity index (χ2v) is 6.94. The lowest BCUT2D eigenvalue weighted by atomic mass is 10.1. The van der Waals surface area contributed by atoms with Gasteiger partial charge in [-0.15, -0.1) is 0 Å². The molecule has 152 valence electrons. The Labute approximate surface area is 170 Å². The third kappa shape index (κ3) is 5.68. The number of aromatic nitrogens is 1. The monoisotopic (exact) mass is 395 g/mol. The highest BCUT2D eigenvalue weighted by Crippen LogP contribution is 2.15. The zero-order valence-corrected chi connectivity index (χ0v) is 16.8. The number of carbonyl (C=O) groups excluding carboxylic acids is 1. The molecule has 3 aromatic rings. The summed E-state index contributed by atoms with van der Waals surface area (Å²) < 4.78 is 21.2. The summed E-state index contributed by atoms with van der Waals surface area (Å²) in [6.07, 6.45) is 2.00. The highest BCUT2D eigenvalue weighted by atomic mass is 19.1. The van der Waals surface area contributed by atoms with Crippen LogP contribution in [0.5, 0.6) is 0 Å². The fraction of sp³-hybridized carbons (Fsp3) is 0.261. The smallest absolute Gasteiger partial charge is 0.322 e. The van der Waals surface area contributed by atoms with Crippen molar-refractivity contribution in [2.45, 2.75) is 20.0 Å². The number of amides is 2. The van der Waals surface area contributed by atoms with Crippen molar-refractivity contribution >= 4 is 11.7 Å². The van der Waals surface area contributed by atoms with E-state index in [9.17, 15) is 9.18 Å². The van der Waals surface area contributed by atoms with E-state index < -0.39 is 5.82 Å². The van der Waals surface area contributed by atoms with Gasteiger partial charge in [0.25, 0.3) is 0 Å². The molecular weight excluding hydrogens is 369 g/mol. The van der Waals surface area contributed by atoms with Crippen LogP contribution in [0.25, 0.3) is 0 Å². The zero-order chi connectivity index (χ0) is 20.6. The van der Waals surface area contributed by atoms with E-state index in [4.69, 9.17) is 4.74 Å². The third-order valence-electron chi connectivity index (χ3n) is 4.72. The molecule has 0 saturated carbocycles. The molecule has 1 N–H and O–H groups in total. The molecule has 0 saturated heterocycles. The van der Waals surface area contributed by atoms with Crippen LogP contribution in [0.3, 0.4) is 0 Å². The van der Waals surface area contributed by atoms with Crippen molar-refractivity contribution in [2.75, 3.05) is 25.6 Å². The summed E-state index contributed by atoms with van der Waals surface area (Å²) in [7, 11) is 1.59. The van der Waals surface area contributed by atoms with Gasteiger partial charge >= 0.3 is 6.03 Å². The number of nitrogens with one attached hydrogen (secondary N) is 1. The fourth-order valence-corrected chi connectivity index (χ4v) is 3.04. The molecule has 0 fully saturated rings. The number of nitrogens with zero attached hydrogens (tertiary/aromatic N) is 2. The summed E-state index contributed by atoms with van der Waals surface area (Å²) in [5.41, 5.74) is 3.56. The highest BCUT2D eigenvalue weighted by Gasteiger charge is 2.17. The van der Waals surface area contributed by atoms with E-state index in [0.717, 1.165) is 12.2 Å². The van der Waals surface area contributed by atoms with Crippen LogP contribution in [-0.4, -0.2) is 35.8 Å². The summed E-state index contributed by atoms with van der Waals surface area (Å²) in [4.78, 5) is 14.4. The lowest BCUT2D eigenvalue weighted by Crippen LogP contribution is -2.37. The van der Waals surface area contributed by atoms with Crippen molar-refractivity contribution in [1.29, 1.82) is 0 Å².